The highest BCUT2D eigenvalue weighted by Crippen LogP contribution is 2.24. The van der Waals surface area contributed by atoms with Gasteiger partial charge in [-0.05, 0) is 12.8 Å². The summed E-state index contributed by atoms with van der Waals surface area (Å²) in [5.41, 5.74) is 0. The minimum absolute atomic E-state index is 0.0377. The zero-order chi connectivity index (χ0) is 11.3. The largest absolute Gasteiger partial charge is 0.460 e. The molecule has 2 unspecified atom stereocenters. The van der Waals surface area contributed by atoms with E-state index in [1.54, 1.807) is 0 Å². The average molecular weight is 212 g/mol. The molecule has 0 aromatic carbocycles. The van der Waals surface area contributed by atoms with Crippen molar-refractivity contribution in [3.63, 3.8) is 0 Å². The first-order valence-electron chi connectivity index (χ1n) is 5.15. The quantitative estimate of drug-likeness (QED) is 0.554. The van der Waals surface area contributed by atoms with Crippen LogP contribution in [0.3, 0.4) is 0 Å². The number of carbonyl (C=O) groups is 2. The first kappa shape index (κ1) is 11.9. The zero-order valence-corrected chi connectivity index (χ0v) is 8.65. The zero-order valence-electron chi connectivity index (χ0n) is 8.65. The highest BCUT2D eigenvalue weighted by molar-refractivity contribution is 5.88. The van der Waals surface area contributed by atoms with E-state index >= 15 is 0 Å². The van der Waals surface area contributed by atoms with Gasteiger partial charge < -0.3 is 9.84 Å². The summed E-state index contributed by atoms with van der Waals surface area (Å²) in [7, 11) is 0. The number of ketones is 1. The Hall–Kier alpha value is -1.16. The summed E-state index contributed by atoms with van der Waals surface area (Å²) in [6.45, 7) is 3.46. The first-order chi connectivity index (χ1) is 7.16. The molecule has 0 spiro atoms. The normalized spacial score (nSPS) is 23.3. The molecule has 1 rings (SSSR count). The van der Waals surface area contributed by atoms with Crippen molar-refractivity contribution >= 4 is 11.8 Å². The van der Waals surface area contributed by atoms with Gasteiger partial charge in [0, 0.05) is 6.42 Å². The van der Waals surface area contributed by atoms with Gasteiger partial charge >= 0.3 is 5.97 Å². The van der Waals surface area contributed by atoms with Crippen molar-refractivity contribution in [2.24, 2.45) is 5.92 Å². The fourth-order valence-corrected chi connectivity index (χ4v) is 1.73. The lowest BCUT2D eigenvalue weighted by Gasteiger charge is -2.23. The van der Waals surface area contributed by atoms with Gasteiger partial charge in [0.1, 0.15) is 12.4 Å². The van der Waals surface area contributed by atoms with Gasteiger partial charge in [-0.15, -0.1) is 0 Å². The van der Waals surface area contributed by atoms with Crippen molar-refractivity contribution in [2.45, 2.75) is 31.8 Å². The molecule has 2 atom stereocenters. The van der Waals surface area contributed by atoms with E-state index in [1.807, 2.05) is 0 Å². The van der Waals surface area contributed by atoms with E-state index in [1.165, 1.54) is 6.08 Å². The van der Waals surface area contributed by atoms with Crippen LogP contribution in [0.1, 0.15) is 25.7 Å². The van der Waals surface area contributed by atoms with Crippen molar-refractivity contribution in [1.29, 1.82) is 0 Å². The van der Waals surface area contributed by atoms with Crippen molar-refractivity contribution in [3.05, 3.63) is 12.7 Å². The van der Waals surface area contributed by atoms with Crippen molar-refractivity contribution in [2.75, 3.05) is 6.61 Å². The molecule has 0 aliphatic heterocycles. The first-order valence-corrected chi connectivity index (χ1v) is 5.15. The average Bonchev–Trinajstić information content (AvgIpc) is 2.25. The van der Waals surface area contributed by atoms with E-state index in [-0.39, 0.29) is 12.4 Å². The van der Waals surface area contributed by atoms with Crippen molar-refractivity contribution in [1.82, 2.24) is 0 Å². The second kappa shape index (κ2) is 5.66. The number of aliphatic hydroxyl groups excluding tert-OH is 1. The highest BCUT2D eigenvalue weighted by atomic mass is 16.5. The van der Waals surface area contributed by atoms with Crippen LogP contribution in [0.5, 0.6) is 0 Å². The molecule has 1 aliphatic rings. The molecule has 0 saturated heterocycles. The molecule has 1 saturated carbocycles. The molecule has 0 radical (unpaired) electrons. The van der Waals surface area contributed by atoms with Crippen LogP contribution in [0.2, 0.25) is 0 Å². The third-order valence-corrected chi connectivity index (χ3v) is 2.57. The number of aliphatic hydroxyl groups is 1. The lowest BCUT2D eigenvalue weighted by molar-refractivity contribution is -0.158. The Morgan fingerprint density at radius 3 is 3.00 bits per heavy atom. The summed E-state index contributed by atoms with van der Waals surface area (Å²) in [6.07, 6.45) is 2.87. The van der Waals surface area contributed by atoms with E-state index in [0.717, 1.165) is 12.8 Å². The molecule has 1 fully saturated rings. The molecule has 0 aromatic rings. The lowest BCUT2D eigenvalue weighted by atomic mass is 9.84. The number of hydrogen-bond acceptors (Lipinski definition) is 4. The van der Waals surface area contributed by atoms with Crippen LogP contribution in [-0.2, 0) is 14.3 Å². The van der Waals surface area contributed by atoms with Crippen molar-refractivity contribution in [3.8, 4) is 0 Å². The number of hydrogen-bond donors (Lipinski definition) is 1. The molecule has 15 heavy (non-hydrogen) atoms. The van der Waals surface area contributed by atoms with Gasteiger partial charge in [-0.2, -0.15) is 0 Å². The monoisotopic (exact) mass is 212 g/mol. The smallest absolute Gasteiger partial charge is 0.336 e. The van der Waals surface area contributed by atoms with Gasteiger partial charge in [0.15, 0.2) is 6.10 Å². The number of ether oxygens (including phenoxy) is 1. The van der Waals surface area contributed by atoms with Crippen LogP contribution in [-0.4, -0.2) is 29.6 Å². The van der Waals surface area contributed by atoms with Gasteiger partial charge in [0.2, 0.25) is 0 Å². The van der Waals surface area contributed by atoms with Gasteiger partial charge in [0.25, 0.3) is 0 Å². The van der Waals surface area contributed by atoms with Crippen LogP contribution < -0.4 is 0 Å². The molecule has 0 aromatic heterocycles. The van der Waals surface area contributed by atoms with Gasteiger partial charge in [-0.3, -0.25) is 4.79 Å². The molecule has 0 bridgehead atoms. The Balaban J connectivity index is 2.49. The number of Topliss-reactive ketones (excluding diaryl/α,β-unsaturated/α-hetero) is 1. The molecule has 84 valence electrons. The Morgan fingerprint density at radius 1 is 1.67 bits per heavy atom. The number of esters is 1. The van der Waals surface area contributed by atoms with E-state index in [4.69, 9.17) is 4.74 Å². The minimum atomic E-state index is -1.31. The SMILES string of the molecule is C=CCOC(=O)C(O)C1CCCCC1=O. The maximum absolute atomic E-state index is 11.4. The van der Waals surface area contributed by atoms with Crippen LogP contribution >= 0.6 is 0 Å². The molecular weight excluding hydrogens is 196 g/mol. The predicted octanol–water partition coefficient (Wildman–Crippen LogP) is 0.836. The van der Waals surface area contributed by atoms with Crippen molar-refractivity contribution < 1.29 is 19.4 Å². The Bertz CT molecular complexity index is 259. The molecular formula is C11H16O4. The third-order valence-electron chi connectivity index (χ3n) is 2.57. The molecule has 1 aliphatic carbocycles. The van der Waals surface area contributed by atoms with E-state index in [2.05, 4.69) is 6.58 Å². The van der Waals surface area contributed by atoms with Gasteiger partial charge in [0.05, 0.1) is 5.92 Å². The summed E-state index contributed by atoms with van der Waals surface area (Å²) >= 11 is 0. The second-order valence-electron chi connectivity index (χ2n) is 3.68. The molecule has 4 heteroatoms. The van der Waals surface area contributed by atoms with Crippen LogP contribution in [0.15, 0.2) is 12.7 Å². The number of rotatable bonds is 4. The highest BCUT2D eigenvalue weighted by Gasteiger charge is 2.34. The summed E-state index contributed by atoms with van der Waals surface area (Å²) < 4.78 is 4.70. The topological polar surface area (TPSA) is 63.6 Å². The van der Waals surface area contributed by atoms with Gasteiger partial charge in [-0.1, -0.05) is 19.1 Å². The Kier molecular flexibility index (Phi) is 4.49. The van der Waals surface area contributed by atoms with Crippen LogP contribution in [0, 0.1) is 5.92 Å². The third kappa shape index (κ3) is 3.16. The van der Waals surface area contributed by atoms with E-state index in [0.29, 0.717) is 12.8 Å². The van der Waals surface area contributed by atoms with Gasteiger partial charge in [-0.25, -0.2) is 4.79 Å². The Labute approximate surface area is 88.9 Å². The van der Waals surface area contributed by atoms with E-state index < -0.39 is 18.0 Å². The van der Waals surface area contributed by atoms with E-state index in [9.17, 15) is 14.7 Å². The Morgan fingerprint density at radius 2 is 2.40 bits per heavy atom. The van der Waals surface area contributed by atoms with Crippen LogP contribution in [0.4, 0.5) is 0 Å². The molecule has 0 heterocycles. The summed E-state index contributed by atoms with van der Waals surface area (Å²) in [4.78, 5) is 22.7. The summed E-state index contributed by atoms with van der Waals surface area (Å²) in [6, 6.07) is 0. The molecule has 1 N–H and O–H groups in total. The fourth-order valence-electron chi connectivity index (χ4n) is 1.73. The summed E-state index contributed by atoms with van der Waals surface area (Å²) in [5.74, 6) is -1.34. The molecule has 0 amide bonds. The standard InChI is InChI=1S/C11H16O4/c1-2-7-15-11(14)10(13)8-5-3-4-6-9(8)12/h2,8,10,13H,1,3-7H2. The maximum Gasteiger partial charge on any atom is 0.336 e. The maximum atomic E-state index is 11.4. The summed E-state index contributed by atoms with van der Waals surface area (Å²) in [5, 5.41) is 9.61. The minimum Gasteiger partial charge on any atom is -0.460 e. The number of carbonyl (C=O) groups excluding carboxylic acids is 2. The predicted molar refractivity (Wildman–Crippen MR) is 54.1 cm³/mol. The van der Waals surface area contributed by atoms with Crippen LogP contribution in [0.25, 0.3) is 0 Å². The lowest BCUT2D eigenvalue weighted by Crippen LogP contribution is -2.37. The fraction of sp³-hybridized carbons (Fsp3) is 0.636. The molecule has 4 nitrogen and oxygen atoms in total. The second-order valence-corrected chi connectivity index (χ2v) is 3.68.